The number of hydrogen-bond donors (Lipinski definition) is 1. The van der Waals surface area contributed by atoms with Crippen LogP contribution in [0.2, 0.25) is 0 Å². The highest BCUT2D eigenvalue weighted by Crippen LogP contribution is 2.16. The standard InChI is InChI=1S/C13H20N2O.ClH/c1-5-15(9(2)3)13(16)12-8-11(14)7-6-10(12)4;/h6-9H,5,14H2,1-4H3;1H. The fourth-order valence-corrected chi connectivity index (χ4v) is 1.77. The van der Waals surface area contributed by atoms with E-state index in [1.807, 2.05) is 44.7 Å². The maximum atomic E-state index is 12.3. The summed E-state index contributed by atoms with van der Waals surface area (Å²) in [6.45, 7) is 8.66. The smallest absolute Gasteiger partial charge is 0.254 e. The highest BCUT2D eigenvalue weighted by molar-refractivity contribution is 5.96. The zero-order chi connectivity index (χ0) is 12.3. The van der Waals surface area contributed by atoms with Gasteiger partial charge in [0.15, 0.2) is 0 Å². The fourth-order valence-electron chi connectivity index (χ4n) is 1.77. The number of carbonyl (C=O) groups is 1. The second-order valence-electron chi connectivity index (χ2n) is 4.26. The van der Waals surface area contributed by atoms with Crippen molar-refractivity contribution < 1.29 is 4.79 Å². The number of hydrogen-bond acceptors (Lipinski definition) is 2. The average molecular weight is 257 g/mol. The summed E-state index contributed by atoms with van der Waals surface area (Å²) in [4.78, 5) is 14.1. The predicted molar refractivity (Wildman–Crippen MR) is 74.7 cm³/mol. The molecule has 0 fully saturated rings. The van der Waals surface area contributed by atoms with Crippen molar-refractivity contribution in [3.63, 3.8) is 0 Å². The molecule has 0 aliphatic heterocycles. The maximum absolute atomic E-state index is 12.3. The summed E-state index contributed by atoms with van der Waals surface area (Å²) >= 11 is 0. The zero-order valence-electron chi connectivity index (χ0n) is 10.9. The van der Waals surface area contributed by atoms with Crippen molar-refractivity contribution in [3.8, 4) is 0 Å². The van der Waals surface area contributed by atoms with Gasteiger partial charge < -0.3 is 10.6 Å². The highest BCUT2D eigenvalue weighted by atomic mass is 35.5. The number of aryl methyl sites for hydroxylation is 1. The molecule has 0 unspecified atom stereocenters. The summed E-state index contributed by atoms with van der Waals surface area (Å²) in [5.74, 6) is 0.0577. The second-order valence-corrected chi connectivity index (χ2v) is 4.26. The molecule has 0 aromatic heterocycles. The lowest BCUT2D eigenvalue weighted by atomic mass is 10.1. The third-order valence-corrected chi connectivity index (χ3v) is 2.72. The first-order chi connectivity index (χ1) is 7.47. The summed E-state index contributed by atoms with van der Waals surface area (Å²) in [7, 11) is 0. The van der Waals surface area contributed by atoms with E-state index in [4.69, 9.17) is 5.73 Å². The van der Waals surface area contributed by atoms with Crippen LogP contribution in [0.1, 0.15) is 36.7 Å². The van der Waals surface area contributed by atoms with Gasteiger partial charge in [-0.05, 0) is 45.4 Å². The van der Waals surface area contributed by atoms with Crippen molar-refractivity contribution in [2.75, 3.05) is 12.3 Å². The van der Waals surface area contributed by atoms with E-state index in [-0.39, 0.29) is 24.4 Å². The molecular formula is C13H21ClN2O. The Bertz CT molecular complexity index is 391. The number of rotatable bonds is 3. The van der Waals surface area contributed by atoms with Crippen LogP contribution < -0.4 is 5.73 Å². The van der Waals surface area contributed by atoms with Gasteiger partial charge in [0, 0.05) is 23.8 Å². The molecule has 1 aromatic rings. The molecule has 0 aliphatic carbocycles. The molecule has 1 amide bonds. The second kappa shape index (κ2) is 6.50. The van der Waals surface area contributed by atoms with E-state index in [1.165, 1.54) is 0 Å². The first-order valence-electron chi connectivity index (χ1n) is 5.64. The van der Waals surface area contributed by atoms with E-state index in [9.17, 15) is 4.79 Å². The molecule has 0 saturated carbocycles. The molecule has 0 bridgehead atoms. The van der Waals surface area contributed by atoms with Crippen LogP contribution in [0.4, 0.5) is 5.69 Å². The Morgan fingerprint density at radius 3 is 2.47 bits per heavy atom. The molecule has 0 saturated heterocycles. The highest BCUT2D eigenvalue weighted by Gasteiger charge is 2.18. The molecule has 96 valence electrons. The number of amides is 1. The molecule has 17 heavy (non-hydrogen) atoms. The maximum Gasteiger partial charge on any atom is 0.254 e. The van der Waals surface area contributed by atoms with Crippen molar-refractivity contribution >= 4 is 24.0 Å². The number of nitrogen functional groups attached to an aromatic ring is 1. The summed E-state index contributed by atoms with van der Waals surface area (Å²) in [6, 6.07) is 5.66. The summed E-state index contributed by atoms with van der Waals surface area (Å²) in [5.41, 5.74) is 8.02. The molecule has 0 radical (unpaired) electrons. The van der Waals surface area contributed by atoms with Crippen LogP contribution in [0.15, 0.2) is 18.2 Å². The first kappa shape index (κ1) is 15.8. The number of anilines is 1. The lowest BCUT2D eigenvalue weighted by Gasteiger charge is -2.26. The predicted octanol–water partition coefficient (Wildman–Crippen LogP) is 2.87. The van der Waals surface area contributed by atoms with Crippen LogP contribution in [-0.4, -0.2) is 23.4 Å². The lowest BCUT2D eigenvalue weighted by Crippen LogP contribution is -2.37. The van der Waals surface area contributed by atoms with Crippen molar-refractivity contribution in [1.29, 1.82) is 0 Å². The van der Waals surface area contributed by atoms with Crippen molar-refractivity contribution in [1.82, 2.24) is 4.90 Å². The summed E-state index contributed by atoms with van der Waals surface area (Å²) in [5, 5.41) is 0. The quantitative estimate of drug-likeness (QED) is 0.846. The van der Waals surface area contributed by atoms with Crippen molar-refractivity contribution in [2.24, 2.45) is 0 Å². The lowest BCUT2D eigenvalue weighted by molar-refractivity contribution is 0.0716. The van der Waals surface area contributed by atoms with Crippen molar-refractivity contribution in [3.05, 3.63) is 29.3 Å². The summed E-state index contributed by atoms with van der Waals surface area (Å²) in [6.07, 6.45) is 0. The van der Waals surface area contributed by atoms with Gasteiger partial charge in [-0.3, -0.25) is 4.79 Å². The van der Waals surface area contributed by atoms with Gasteiger partial charge in [0.1, 0.15) is 0 Å². The molecule has 0 spiro atoms. The molecule has 0 aliphatic rings. The molecule has 0 atom stereocenters. The van der Waals surface area contributed by atoms with Gasteiger partial charge in [-0.2, -0.15) is 0 Å². The number of carbonyl (C=O) groups excluding carboxylic acids is 1. The Labute approximate surface area is 109 Å². The average Bonchev–Trinajstić information content (AvgIpc) is 2.22. The van der Waals surface area contributed by atoms with E-state index in [2.05, 4.69) is 0 Å². The summed E-state index contributed by atoms with van der Waals surface area (Å²) < 4.78 is 0. The number of halogens is 1. The minimum absolute atomic E-state index is 0. The molecular weight excluding hydrogens is 236 g/mol. The monoisotopic (exact) mass is 256 g/mol. The van der Waals surface area contributed by atoms with E-state index in [0.29, 0.717) is 17.8 Å². The van der Waals surface area contributed by atoms with E-state index >= 15 is 0 Å². The fraction of sp³-hybridized carbons (Fsp3) is 0.462. The SMILES string of the molecule is CCN(C(=O)c1cc(N)ccc1C)C(C)C.Cl. The Hall–Kier alpha value is -1.22. The third-order valence-electron chi connectivity index (χ3n) is 2.72. The number of benzene rings is 1. The molecule has 0 heterocycles. The normalized spacial score (nSPS) is 9.94. The van der Waals surface area contributed by atoms with Gasteiger partial charge in [0.2, 0.25) is 0 Å². The Kier molecular flexibility index (Phi) is 6.03. The number of nitrogens with zero attached hydrogens (tertiary/aromatic N) is 1. The minimum atomic E-state index is 0. The van der Waals surface area contributed by atoms with Gasteiger partial charge >= 0.3 is 0 Å². The first-order valence-corrected chi connectivity index (χ1v) is 5.64. The van der Waals surface area contributed by atoms with E-state index in [1.54, 1.807) is 6.07 Å². The molecule has 2 N–H and O–H groups in total. The van der Waals surface area contributed by atoms with Gasteiger partial charge in [-0.15, -0.1) is 12.4 Å². The zero-order valence-corrected chi connectivity index (χ0v) is 11.7. The Morgan fingerprint density at radius 2 is 2.00 bits per heavy atom. The van der Waals surface area contributed by atoms with Gasteiger partial charge in [-0.25, -0.2) is 0 Å². The van der Waals surface area contributed by atoms with Crippen LogP contribution in [-0.2, 0) is 0 Å². The van der Waals surface area contributed by atoms with Crippen LogP contribution in [0, 0.1) is 6.92 Å². The van der Waals surface area contributed by atoms with Crippen molar-refractivity contribution in [2.45, 2.75) is 33.7 Å². The van der Waals surface area contributed by atoms with Gasteiger partial charge in [0.25, 0.3) is 5.91 Å². The van der Waals surface area contributed by atoms with Crippen LogP contribution >= 0.6 is 12.4 Å². The van der Waals surface area contributed by atoms with E-state index < -0.39 is 0 Å². The molecule has 1 rings (SSSR count). The Morgan fingerprint density at radius 1 is 1.41 bits per heavy atom. The number of nitrogens with two attached hydrogens (primary N) is 1. The largest absolute Gasteiger partial charge is 0.399 e. The van der Waals surface area contributed by atoms with Crippen LogP contribution in [0.3, 0.4) is 0 Å². The topological polar surface area (TPSA) is 46.3 Å². The van der Waals surface area contributed by atoms with E-state index in [0.717, 1.165) is 5.56 Å². The molecule has 4 heteroatoms. The molecule has 1 aromatic carbocycles. The minimum Gasteiger partial charge on any atom is -0.399 e. The van der Waals surface area contributed by atoms with Gasteiger partial charge in [-0.1, -0.05) is 6.07 Å². The molecule has 3 nitrogen and oxygen atoms in total. The Balaban J connectivity index is 0.00000256. The van der Waals surface area contributed by atoms with Crippen LogP contribution in [0.25, 0.3) is 0 Å². The van der Waals surface area contributed by atoms with Crippen LogP contribution in [0.5, 0.6) is 0 Å². The van der Waals surface area contributed by atoms with Gasteiger partial charge in [0.05, 0.1) is 0 Å². The third kappa shape index (κ3) is 3.63.